The molecule has 3 aromatic rings. The van der Waals surface area contributed by atoms with Crippen LogP contribution in [0.5, 0.6) is 11.5 Å². The molecule has 0 saturated carbocycles. The zero-order chi connectivity index (χ0) is 23.5. The molecule has 0 unspecified atom stereocenters. The molecule has 3 aromatic carbocycles. The summed E-state index contributed by atoms with van der Waals surface area (Å²) < 4.78 is 12.3. The van der Waals surface area contributed by atoms with Crippen molar-refractivity contribution in [2.75, 3.05) is 12.0 Å². The summed E-state index contributed by atoms with van der Waals surface area (Å²) in [5, 5.41) is 0.459. The fourth-order valence-electron chi connectivity index (χ4n) is 3.13. The third kappa shape index (κ3) is 5.38. The number of ether oxygens (including phenoxy) is 2. The molecule has 9 heteroatoms. The normalized spacial score (nSPS) is 14.8. The molecule has 0 aromatic heterocycles. The zero-order valence-corrected chi connectivity index (χ0v) is 21.1. The topological polar surface area (TPSA) is 55.8 Å². The van der Waals surface area contributed by atoms with Crippen molar-refractivity contribution in [2.24, 2.45) is 0 Å². The Labute approximate surface area is 213 Å². The van der Waals surface area contributed by atoms with Gasteiger partial charge in [-0.3, -0.25) is 9.59 Å². The van der Waals surface area contributed by atoms with E-state index in [0.29, 0.717) is 39.4 Å². The minimum absolute atomic E-state index is 0.275. The highest BCUT2D eigenvalue weighted by Gasteiger charge is 2.36. The van der Waals surface area contributed by atoms with E-state index in [0.717, 1.165) is 26.7 Å². The summed E-state index contributed by atoms with van der Waals surface area (Å²) in [6, 6.07) is 17.6. The molecule has 33 heavy (non-hydrogen) atoms. The zero-order valence-electron chi connectivity index (χ0n) is 17.2. The number of amides is 2. The smallest absolute Gasteiger partial charge is 0.298 e. The number of benzene rings is 3. The number of carbonyl (C=O) groups is 2. The highest BCUT2D eigenvalue weighted by molar-refractivity contribution is 9.10. The van der Waals surface area contributed by atoms with Crippen LogP contribution in [-0.2, 0) is 11.4 Å². The van der Waals surface area contributed by atoms with Gasteiger partial charge in [-0.15, -0.1) is 0 Å². The average molecular weight is 565 g/mol. The largest absolute Gasteiger partial charge is 0.493 e. The van der Waals surface area contributed by atoms with Crippen LogP contribution < -0.4 is 14.4 Å². The number of anilines is 1. The Morgan fingerprint density at radius 3 is 2.39 bits per heavy atom. The fourth-order valence-corrected chi connectivity index (χ4v) is 4.64. The van der Waals surface area contributed by atoms with Gasteiger partial charge in [0.1, 0.15) is 6.61 Å². The van der Waals surface area contributed by atoms with E-state index in [1.165, 1.54) is 7.11 Å². The van der Waals surface area contributed by atoms with E-state index in [9.17, 15) is 9.59 Å². The number of halogens is 3. The number of hydrogen-bond acceptors (Lipinski definition) is 5. The lowest BCUT2D eigenvalue weighted by Gasteiger charge is -2.14. The average Bonchev–Trinajstić information content (AvgIpc) is 3.07. The van der Waals surface area contributed by atoms with Gasteiger partial charge in [0.2, 0.25) is 0 Å². The van der Waals surface area contributed by atoms with Gasteiger partial charge in [-0.1, -0.05) is 51.3 Å². The van der Waals surface area contributed by atoms with Crippen molar-refractivity contribution in [3.8, 4) is 11.5 Å². The van der Waals surface area contributed by atoms with Crippen LogP contribution in [-0.4, -0.2) is 18.3 Å². The van der Waals surface area contributed by atoms with Crippen LogP contribution in [0, 0.1) is 0 Å². The Bertz CT molecular complexity index is 1250. The number of nitrogens with zero attached hydrogens (tertiary/aromatic N) is 1. The Balaban J connectivity index is 1.57. The third-order valence-corrected chi connectivity index (χ3v) is 6.66. The van der Waals surface area contributed by atoms with E-state index in [4.69, 9.17) is 32.7 Å². The van der Waals surface area contributed by atoms with Crippen molar-refractivity contribution in [2.45, 2.75) is 6.61 Å². The van der Waals surface area contributed by atoms with Gasteiger partial charge in [0.15, 0.2) is 11.5 Å². The highest BCUT2D eigenvalue weighted by atomic mass is 79.9. The van der Waals surface area contributed by atoms with Gasteiger partial charge in [0.25, 0.3) is 11.1 Å². The number of methoxy groups -OCH3 is 1. The molecule has 1 aliphatic rings. The summed E-state index contributed by atoms with van der Waals surface area (Å²) in [4.78, 5) is 26.7. The molecule has 2 amide bonds. The van der Waals surface area contributed by atoms with Gasteiger partial charge in [-0.05, 0) is 77.5 Å². The summed E-state index contributed by atoms with van der Waals surface area (Å²) >= 11 is 16.6. The molecule has 168 valence electrons. The maximum Gasteiger partial charge on any atom is 0.298 e. The van der Waals surface area contributed by atoms with Gasteiger partial charge in [0, 0.05) is 9.50 Å². The molecular formula is C24H16BrCl2NO4S. The van der Waals surface area contributed by atoms with E-state index in [2.05, 4.69) is 15.9 Å². The van der Waals surface area contributed by atoms with E-state index in [1.807, 2.05) is 24.3 Å². The first-order valence-corrected chi connectivity index (χ1v) is 12.0. The molecule has 0 bridgehead atoms. The first-order valence-electron chi connectivity index (χ1n) is 9.64. The van der Waals surface area contributed by atoms with Crippen LogP contribution in [0.25, 0.3) is 6.08 Å². The summed E-state index contributed by atoms with van der Waals surface area (Å²) in [6.45, 7) is 0.308. The van der Waals surface area contributed by atoms with Crippen LogP contribution in [0.2, 0.25) is 10.0 Å². The highest BCUT2D eigenvalue weighted by Crippen LogP contribution is 2.40. The Morgan fingerprint density at radius 2 is 1.73 bits per heavy atom. The summed E-state index contributed by atoms with van der Waals surface area (Å²) in [7, 11) is 1.51. The molecule has 4 rings (SSSR count). The van der Waals surface area contributed by atoms with Crippen molar-refractivity contribution >= 4 is 73.8 Å². The maximum atomic E-state index is 12.9. The second-order valence-corrected chi connectivity index (χ2v) is 9.70. The molecule has 1 fully saturated rings. The Hall–Kier alpha value is -2.45. The van der Waals surface area contributed by atoms with Gasteiger partial charge in [0.05, 0.1) is 22.7 Å². The van der Waals surface area contributed by atoms with Crippen LogP contribution in [0.1, 0.15) is 11.1 Å². The van der Waals surface area contributed by atoms with Gasteiger partial charge in [-0.2, -0.15) is 0 Å². The van der Waals surface area contributed by atoms with Crippen LogP contribution >= 0.6 is 50.9 Å². The van der Waals surface area contributed by atoms with Crippen molar-refractivity contribution in [1.29, 1.82) is 0 Å². The number of thioether (sulfide) groups is 1. The number of carbonyl (C=O) groups excluding carboxylic acids is 2. The van der Waals surface area contributed by atoms with Gasteiger partial charge in [-0.25, -0.2) is 4.90 Å². The molecule has 5 nitrogen and oxygen atoms in total. The number of imide groups is 1. The standard InChI is InChI=1S/C24H16BrCl2NO4S/c1-31-20-11-15(10-19(27)22(20)32-13-14-2-4-16(25)5-3-14)12-21-23(29)28(24(30)33-21)18-8-6-17(26)7-9-18/h2-12H,13H2,1H3/b21-12+. The van der Waals surface area contributed by atoms with E-state index < -0.39 is 5.91 Å². The van der Waals surface area contributed by atoms with Crippen molar-refractivity contribution in [3.05, 3.63) is 91.2 Å². The molecule has 1 heterocycles. The van der Waals surface area contributed by atoms with Crippen LogP contribution in [0.4, 0.5) is 10.5 Å². The van der Waals surface area contributed by atoms with Gasteiger partial charge >= 0.3 is 0 Å². The predicted molar refractivity (Wildman–Crippen MR) is 136 cm³/mol. The molecule has 1 aliphatic heterocycles. The monoisotopic (exact) mass is 563 g/mol. The minimum Gasteiger partial charge on any atom is -0.493 e. The molecule has 0 atom stereocenters. The number of rotatable bonds is 6. The lowest BCUT2D eigenvalue weighted by atomic mass is 10.1. The quantitative estimate of drug-likeness (QED) is 0.289. The van der Waals surface area contributed by atoms with Crippen LogP contribution in [0.3, 0.4) is 0 Å². The SMILES string of the molecule is COc1cc(/C=C2/SC(=O)N(c3ccc(Cl)cc3)C2=O)cc(Cl)c1OCc1ccc(Br)cc1. The molecule has 0 aliphatic carbocycles. The number of hydrogen-bond donors (Lipinski definition) is 0. The van der Waals surface area contributed by atoms with E-state index in [-0.39, 0.29) is 10.1 Å². The molecule has 0 spiro atoms. The molecule has 0 N–H and O–H groups in total. The summed E-state index contributed by atoms with van der Waals surface area (Å²) in [6.07, 6.45) is 1.60. The lowest BCUT2D eigenvalue weighted by Crippen LogP contribution is -2.27. The van der Waals surface area contributed by atoms with Crippen LogP contribution in [0.15, 0.2) is 70.0 Å². The lowest BCUT2D eigenvalue weighted by molar-refractivity contribution is -0.113. The van der Waals surface area contributed by atoms with E-state index >= 15 is 0 Å². The molecular weight excluding hydrogens is 549 g/mol. The molecule has 0 radical (unpaired) electrons. The Kier molecular flexibility index (Phi) is 7.34. The first-order chi connectivity index (χ1) is 15.9. The summed E-state index contributed by atoms with van der Waals surface area (Å²) in [5.74, 6) is 0.397. The van der Waals surface area contributed by atoms with Crippen molar-refractivity contribution in [1.82, 2.24) is 0 Å². The minimum atomic E-state index is -0.419. The van der Waals surface area contributed by atoms with Crippen molar-refractivity contribution in [3.63, 3.8) is 0 Å². The second-order valence-electron chi connectivity index (χ2n) is 6.94. The van der Waals surface area contributed by atoms with E-state index in [1.54, 1.807) is 42.5 Å². The maximum absolute atomic E-state index is 12.9. The fraction of sp³-hybridized carbons (Fsp3) is 0.0833. The predicted octanol–water partition coefficient (Wildman–Crippen LogP) is 7.58. The summed E-state index contributed by atoms with van der Waals surface area (Å²) in [5.41, 5.74) is 2.03. The Morgan fingerprint density at radius 1 is 1.03 bits per heavy atom. The molecule has 1 saturated heterocycles. The van der Waals surface area contributed by atoms with Crippen molar-refractivity contribution < 1.29 is 19.1 Å². The second kappa shape index (κ2) is 10.2. The first kappa shape index (κ1) is 23.7. The van der Waals surface area contributed by atoms with Gasteiger partial charge < -0.3 is 9.47 Å². The third-order valence-electron chi connectivity index (χ3n) is 4.72.